The number of aromatic nitrogens is 2. The van der Waals surface area contributed by atoms with Crippen LogP contribution in [0.15, 0.2) is 12.3 Å². The lowest BCUT2D eigenvalue weighted by Crippen LogP contribution is -2.27. The molecule has 110 valence electrons. The molecule has 0 aliphatic heterocycles. The quantitative estimate of drug-likeness (QED) is 0.708. The molecular formula is C15H29N3O. The summed E-state index contributed by atoms with van der Waals surface area (Å²) in [6.45, 7) is 9.48. The molecule has 0 bridgehead atoms. The Balaban J connectivity index is 2.73. The van der Waals surface area contributed by atoms with E-state index >= 15 is 0 Å². The Labute approximate surface area is 117 Å². The summed E-state index contributed by atoms with van der Waals surface area (Å²) in [7, 11) is 1.77. The maximum Gasteiger partial charge on any atom is 0.0553 e. The van der Waals surface area contributed by atoms with Crippen molar-refractivity contribution in [1.82, 2.24) is 15.1 Å². The molecule has 4 nitrogen and oxygen atoms in total. The first-order valence-electron chi connectivity index (χ1n) is 7.46. The number of ether oxygens (including phenoxy) is 1. The van der Waals surface area contributed by atoms with Gasteiger partial charge >= 0.3 is 0 Å². The van der Waals surface area contributed by atoms with Crippen LogP contribution in [0.1, 0.15) is 51.8 Å². The summed E-state index contributed by atoms with van der Waals surface area (Å²) in [5.41, 5.74) is 1.30. The Morgan fingerprint density at radius 3 is 2.79 bits per heavy atom. The lowest BCUT2D eigenvalue weighted by molar-refractivity contribution is 0.148. The highest BCUT2D eigenvalue weighted by Crippen LogP contribution is 2.21. The van der Waals surface area contributed by atoms with Crippen LogP contribution in [-0.2, 0) is 11.3 Å². The van der Waals surface area contributed by atoms with Crippen molar-refractivity contribution in [1.29, 1.82) is 0 Å². The van der Waals surface area contributed by atoms with Crippen LogP contribution < -0.4 is 5.32 Å². The summed E-state index contributed by atoms with van der Waals surface area (Å²) in [5, 5.41) is 8.08. The van der Waals surface area contributed by atoms with Crippen molar-refractivity contribution >= 4 is 0 Å². The Morgan fingerprint density at radius 2 is 2.16 bits per heavy atom. The molecule has 0 aliphatic carbocycles. The van der Waals surface area contributed by atoms with Gasteiger partial charge in [0.25, 0.3) is 0 Å². The van der Waals surface area contributed by atoms with E-state index in [0.29, 0.717) is 12.0 Å². The zero-order valence-corrected chi connectivity index (χ0v) is 12.9. The maximum atomic E-state index is 5.25. The van der Waals surface area contributed by atoms with E-state index in [0.717, 1.165) is 39.0 Å². The zero-order valence-electron chi connectivity index (χ0n) is 12.9. The van der Waals surface area contributed by atoms with Crippen LogP contribution in [-0.4, -0.2) is 30.0 Å². The molecule has 0 fully saturated rings. The Bertz CT molecular complexity index is 338. The zero-order chi connectivity index (χ0) is 14.1. The molecule has 0 saturated heterocycles. The largest absolute Gasteiger partial charge is 0.384 e. The SMILES string of the molecule is CCCNC(CC(C)COC)c1ccnn1CCC. The van der Waals surface area contributed by atoms with Crippen LogP contribution in [0, 0.1) is 5.92 Å². The fourth-order valence-corrected chi connectivity index (χ4v) is 2.42. The minimum atomic E-state index is 0.374. The van der Waals surface area contributed by atoms with Gasteiger partial charge in [-0.05, 0) is 37.8 Å². The summed E-state index contributed by atoms with van der Waals surface area (Å²) >= 11 is 0. The van der Waals surface area contributed by atoms with Crippen molar-refractivity contribution in [2.45, 2.75) is 52.6 Å². The van der Waals surface area contributed by atoms with Crippen LogP contribution in [0.5, 0.6) is 0 Å². The number of rotatable bonds is 10. The molecule has 2 atom stereocenters. The third-order valence-corrected chi connectivity index (χ3v) is 3.27. The summed E-state index contributed by atoms with van der Waals surface area (Å²) in [6.07, 6.45) is 5.26. The Morgan fingerprint density at radius 1 is 1.37 bits per heavy atom. The van der Waals surface area contributed by atoms with Gasteiger partial charge in [0.15, 0.2) is 0 Å². The molecule has 1 aromatic rings. The smallest absolute Gasteiger partial charge is 0.0553 e. The molecule has 0 spiro atoms. The van der Waals surface area contributed by atoms with Crippen LogP contribution in [0.4, 0.5) is 0 Å². The van der Waals surface area contributed by atoms with Crippen LogP contribution in [0.3, 0.4) is 0 Å². The van der Waals surface area contributed by atoms with Gasteiger partial charge in [0.05, 0.1) is 5.69 Å². The topological polar surface area (TPSA) is 39.1 Å². The van der Waals surface area contributed by atoms with E-state index < -0.39 is 0 Å². The number of nitrogens with one attached hydrogen (secondary N) is 1. The van der Waals surface area contributed by atoms with Crippen molar-refractivity contribution in [3.8, 4) is 0 Å². The number of hydrogen-bond donors (Lipinski definition) is 1. The van der Waals surface area contributed by atoms with Gasteiger partial charge in [0, 0.05) is 32.5 Å². The van der Waals surface area contributed by atoms with Crippen molar-refractivity contribution < 1.29 is 4.74 Å². The van der Waals surface area contributed by atoms with E-state index in [1.807, 2.05) is 6.20 Å². The standard InChI is InChI=1S/C15H29N3O/c1-5-8-16-14(11-13(3)12-19-4)15-7-9-17-18(15)10-6-2/h7,9,13-14,16H,5-6,8,10-12H2,1-4H3. The fourth-order valence-electron chi connectivity index (χ4n) is 2.42. The summed E-state index contributed by atoms with van der Waals surface area (Å²) in [5.74, 6) is 0.546. The molecule has 2 unspecified atom stereocenters. The van der Waals surface area contributed by atoms with E-state index in [1.165, 1.54) is 5.69 Å². The van der Waals surface area contributed by atoms with Crippen molar-refractivity contribution in [3.63, 3.8) is 0 Å². The second-order valence-electron chi connectivity index (χ2n) is 5.28. The van der Waals surface area contributed by atoms with Gasteiger partial charge in [-0.2, -0.15) is 5.10 Å². The van der Waals surface area contributed by atoms with Gasteiger partial charge in [-0.1, -0.05) is 20.8 Å². The van der Waals surface area contributed by atoms with Crippen molar-refractivity contribution in [2.24, 2.45) is 5.92 Å². The molecule has 1 aromatic heterocycles. The molecule has 1 heterocycles. The minimum Gasteiger partial charge on any atom is -0.384 e. The van der Waals surface area contributed by atoms with Gasteiger partial charge in [-0.25, -0.2) is 0 Å². The number of hydrogen-bond acceptors (Lipinski definition) is 3. The number of nitrogens with zero attached hydrogens (tertiary/aromatic N) is 2. The molecule has 0 amide bonds. The second kappa shape index (κ2) is 9.10. The number of methoxy groups -OCH3 is 1. The normalized spacial score (nSPS) is 14.5. The van der Waals surface area contributed by atoms with E-state index in [4.69, 9.17) is 4.74 Å². The third-order valence-electron chi connectivity index (χ3n) is 3.27. The fraction of sp³-hybridized carbons (Fsp3) is 0.800. The molecule has 4 heteroatoms. The monoisotopic (exact) mass is 267 g/mol. The predicted molar refractivity (Wildman–Crippen MR) is 79.2 cm³/mol. The molecule has 0 radical (unpaired) electrons. The summed E-state index contributed by atoms with van der Waals surface area (Å²) in [4.78, 5) is 0. The Kier molecular flexibility index (Phi) is 7.75. The highest BCUT2D eigenvalue weighted by Gasteiger charge is 2.18. The van der Waals surface area contributed by atoms with Crippen molar-refractivity contribution in [3.05, 3.63) is 18.0 Å². The average Bonchev–Trinajstić information content (AvgIpc) is 2.83. The summed E-state index contributed by atoms with van der Waals surface area (Å²) in [6, 6.07) is 2.52. The molecule has 0 aromatic carbocycles. The average molecular weight is 267 g/mol. The van der Waals surface area contributed by atoms with Crippen molar-refractivity contribution in [2.75, 3.05) is 20.3 Å². The highest BCUT2D eigenvalue weighted by molar-refractivity contribution is 5.07. The van der Waals surface area contributed by atoms with E-state index in [-0.39, 0.29) is 0 Å². The molecule has 0 aliphatic rings. The lowest BCUT2D eigenvalue weighted by atomic mass is 10.00. The molecule has 0 saturated carbocycles. The van der Waals surface area contributed by atoms with E-state index in [1.54, 1.807) is 7.11 Å². The first-order valence-corrected chi connectivity index (χ1v) is 7.46. The van der Waals surface area contributed by atoms with E-state index in [2.05, 4.69) is 41.9 Å². The highest BCUT2D eigenvalue weighted by atomic mass is 16.5. The molecular weight excluding hydrogens is 238 g/mol. The van der Waals surface area contributed by atoms with Crippen LogP contribution in [0.25, 0.3) is 0 Å². The number of aryl methyl sites for hydroxylation is 1. The van der Waals surface area contributed by atoms with Gasteiger partial charge in [0.1, 0.15) is 0 Å². The van der Waals surface area contributed by atoms with Gasteiger partial charge in [0.2, 0.25) is 0 Å². The first-order chi connectivity index (χ1) is 9.22. The Hall–Kier alpha value is -0.870. The predicted octanol–water partition coefficient (Wildman–Crippen LogP) is 3.01. The molecule has 1 N–H and O–H groups in total. The maximum absolute atomic E-state index is 5.25. The lowest BCUT2D eigenvalue weighted by Gasteiger charge is -2.23. The summed E-state index contributed by atoms with van der Waals surface area (Å²) < 4.78 is 7.39. The van der Waals surface area contributed by atoms with Gasteiger partial charge < -0.3 is 10.1 Å². The van der Waals surface area contributed by atoms with Gasteiger partial charge in [-0.15, -0.1) is 0 Å². The first kappa shape index (κ1) is 16.2. The molecule has 19 heavy (non-hydrogen) atoms. The molecule has 1 rings (SSSR count). The third kappa shape index (κ3) is 5.33. The minimum absolute atomic E-state index is 0.374. The van der Waals surface area contributed by atoms with Crippen LogP contribution in [0.2, 0.25) is 0 Å². The second-order valence-corrected chi connectivity index (χ2v) is 5.28. The van der Waals surface area contributed by atoms with Gasteiger partial charge in [-0.3, -0.25) is 4.68 Å². The van der Waals surface area contributed by atoms with E-state index in [9.17, 15) is 0 Å². The van der Waals surface area contributed by atoms with Crippen LogP contribution >= 0.6 is 0 Å².